The molecule has 7 nitrogen and oxygen atoms in total. The molecule has 1 aromatic heterocycles. The Balaban J connectivity index is 1.40. The van der Waals surface area contributed by atoms with Gasteiger partial charge in [-0.1, -0.05) is 6.42 Å². The van der Waals surface area contributed by atoms with E-state index < -0.39 is 0 Å². The number of carbonyl (C=O) groups excluding carboxylic acids is 1. The Labute approximate surface area is 159 Å². The van der Waals surface area contributed by atoms with Gasteiger partial charge in [0.05, 0.1) is 12.1 Å². The second-order valence-electron chi connectivity index (χ2n) is 8.18. The zero-order chi connectivity index (χ0) is 18.3. The SMILES string of the molecule is CO[C@H]1C[C@@H]2CN(c3nc(N(C)C)ns3)C[C@@H]2C[C@@H]1NC(=O)C1CCC1. The summed E-state index contributed by atoms with van der Waals surface area (Å²) in [4.78, 5) is 21.4. The van der Waals surface area contributed by atoms with Gasteiger partial charge in [-0.2, -0.15) is 9.36 Å². The highest BCUT2D eigenvalue weighted by Gasteiger charge is 2.44. The number of aromatic nitrogens is 2. The molecule has 144 valence electrons. The number of ether oxygens (including phenoxy) is 1. The summed E-state index contributed by atoms with van der Waals surface area (Å²) in [7, 11) is 5.70. The minimum Gasteiger partial charge on any atom is -0.379 e. The largest absolute Gasteiger partial charge is 0.379 e. The van der Waals surface area contributed by atoms with Gasteiger partial charge in [-0.05, 0) is 37.5 Å². The van der Waals surface area contributed by atoms with Crippen molar-refractivity contribution in [3.8, 4) is 0 Å². The van der Waals surface area contributed by atoms with Gasteiger partial charge in [0.2, 0.25) is 17.0 Å². The van der Waals surface area contributed by atoms with E-state index in [9.17, 15) is 4.79 Å². The van der Waals surface area contributed by atoms with Crippen molar-refractivity contribution in [2.45, 2.75) is 44.2 Å². The third-order valence-corrected chi connectivity index (χ3v) is 7.07. The number of carbonyl (C=O) groups is 1. The fourth-order valence-corrected chi connectivity index (χ4v) is 5.23. The quantitative estimate of drug-likeness (QED) is 0.840. The highest BCUT2D eigenvalue weighted by molar-refractivity contribution is 7.09. The molecule has 1 amide bonds. The Hall–Kier alpha value is -1.41. The first-order chi connectivity index (χ1) is 12.5. The molecule has 4 rings (SSSR count). The van der Waals surface area contributed by atoms with E-state index in [2.05, 4.69) is 19.6 Å². The summed E-state index contributed by atoms with van der Waals surface area (Å²) in [6.45, 7) is 2.01. The average molecular weight is 380 g/mol. The van der Waals surface area contributed by atoms with Crippen LogP contribution in [0.25, 0.3) is 0 Å². The number of fused-ring (bicyclic) bond motifs is 1. The van der Waals surface area contributed by atoms with E-state index >= 15 is 0 Å². The minimum atomic E-state index is 0.118. The molecule has 26 heavy (non-hydrogen) atoms. The van der Waals surface area contributed by atoms with Crippen LogP contribution in [-0.2, 0) is 9.53 Å². The second kappa shape index (κ2) is 7.31. The number of amides is 1. The maximum Gasteiger partial charge on any atom is 0.238 e. The van der Waals surface area contributed by atoms with Crippen LogP contribution in [0.2, 0.25) is 0 Å². The van der Waals surface area contributed by atoms with Crippen molar-refractivity contribution in [3.05, 3.63) is 0 Å². The van der Waals surface area contributed by atoms with Gasteiger partial charge in [0.25, 0.3) is 0 Å². The Morgan fingerprint density at radius 1 is 1.27 bits per heavy atom. The lowest BCUT2D eigenvalue weighted by Crippen LogP contribution is -2.52. The molecule has 3 fully saturated rings. The lowest BCUT2D eigenvalue weighted by molar-refractivity contribution is -0.130. The van der Waals surface area contributed by atoms with Crippen molar-refractivity contribution in [2.75, 3.05) is 44.1 Å². The van der Waals surface area contributed by atoms with Gasteiger partial charge >= 0.3 is 0 Å². The molecule has 1 aromatic rings. The van der Waals surface area contributed by atoms with Crippen molar-refractivity contribution in [2.24, 2.45) is 17.8 Å². The van der Waals surface area contributed by atoms with E-state index in [4.69, 9.17) is 4.74 Å². The normalized spacial score (nSPS) is 31.4. The van der Waals surface area contributed by atoms with Crippen LogP contribution < -0.4 is 15.1 Å². The third kappa shape index (κ3) is 3.41. The average Bonchev–Trinajstić information content (AvgIpc) is 3.18. The van der Waals surface area contributed by atoms with Gasteiger partial charge in [-0.25, -0.2) is 0 Å². The van der Waals surface area contributed by atoms with Gasteiger partial charge in [0.15, 0.2) is 0 Å². The second-order valence-corrected chi connectivity index (χ2v) is 8.92. The maximum atomic E-state index is 12.4. The van der Waals surface area contributed by atoms with Crippen molar-refractivity contribution in [1.82, 2.24) is 14.7 Å². The molecule has 0 unspecified atom stereocenters. The molecular formula is C18H29N5O2S. The number of methoxy groups -OCH3 is 1. The summed E-state index contributed by atoms with van der Waals surface area (Å²) < 4.78 is 10.2. The number of hydrogen-bond donors (Lipinski definition) is 1. The Bertz CT molecular complexity index is 647. The molecule has 2 saturated carbocycles. The molecule has 0 aromatic carbocycles. The Kier molecular flexibility index (Phi) is 5.05. The van der Waals surface area contributed by atoms with Crippen LogP contribution in [0.4, 0.5) is 11.1 Å². The van der Waals surface area contributed by atoms with Crippen LogP contribution in [0.15, 0.2) is 0 Å². The Morgan fingerprint density at radius 2 is 2.00 bits per heavy atom. The number of nitrogens with zero attached hydrogens (tertiary/aromatic N) is 4. The lowest BCUT2D eigenvalue weighted by Gasteiger charge is -2.38. The summed E-state index contributed by atoms with van der Waals surface area (Å²) in [6, 6.07) is 0.140. The Morgan fingerprint density at radius 3 is 2.58 bits per heavy atom. The van der Waals surface area contributed by atoms with Gasteiger partial charge in [0, 0.05) is 51.7 Å². The number of hydrogen-bond acceptors (Lipinski definition) is 7. The predicted molar refractivity (Wildman–Crippen MR) is 103 cm³/mol. The van der Waals surface area contributed by atoms with E-state index in [1.165, 1.54) is 18.0 Å². The summed E-state index contributed by atoms with van der Waals surface area (Å²) in [5, 5.41) is 4.30. The molecule has 0 bridgehead atoms. The van der Waals surface area contributed by atoms with Crippen LogP contribution in [0.1, 0.15) is 32.1 Å². The first-order valence-electron chi connectivity index (χ1n) is 9.64. The predicted octanol–water partition coefficient (Wildman–Crippen LogP) is 1.75. The molecule has 1 saturated heterocycles. The van der Waals surface area contributed by atoms with Crippen LogP contribution >= 0.6 is 11.5 Å². The van der Waals surface area contributed by atoms with E-state index in [0.29, 0.717) is 11.8 Å². The lowest BCUT2D eigenvalue weighted by atomic mass is 9.76. The summed E-state index contributed by atoms with van der Waals surface area (Å²) >= 11 is 1.48. The monoisotopic (exact) mass is 379 g/mol. The van der Waals surface area contributed by atoms with Crippen LogP contribution in [-0.4, -0.2) is 61.7 Å². The molecule has 8 heteroatoms. The summed E-state index contributed by atoms with van der Waals surface area (Å²) in [5.74, 6) is 2.43. The molecule has 3 aliphatic rings. The van der Waals surface area contributed by atoms with Crippen molar-refractivity contribution in [3.63, 3.8) is 0 Å². The van der Waals surface area contributed by atoms with E-state index in [-0.39, 0.29) is 24.0 Å². The molecule has 2 aliphatic carbocycles. The molecule has 1 aliphatic heterocycles. The number of rotatable bonds is 5. The van der Waals surface area contributed by atoms with Crippen LogP contribution in [0.3, 0.4) is 0 Å². The highest BCUT2D eigenvalue weighted by atomic mass is 32.1. The van der Waals surface area contributed by atoms with Crippen molar-refractivity contribution < 1.29 is 9.53 Å². The van der Waals surface area contributed by atoms with E-state index in [1.54, 1.807) is 7.11 Å². The highest BCUT2D eigenvalue weighted by Crippen LogP contribution is 2.40. The summed E-state index contributed by atoms with van der Waals surface area (Å²) in [5.41, 5.74) is 0. The third-order valence-electron chi connectivity index (χ3n) is 6.30. The molecule has 1 N–H and O–H groups in total. The number of nitrogens with one attached hydrogen (secondary N) is 1. The topological polar surface area (TPSA) is 70.6 Å². The first-order valence-corrected chi connectivity index (χ1v) is 10.4. The molecule has 0 radical (unpaired) electrons. The van der Waals surface area contributed by atoms with Gasteiger partial charge in [0.1, 0.15) is 0 Å². The minimum absolute atomic E-state index is 0.118. The van der Waals surface area contributed by atoms with Gasteiger partial charge in [-0.15, -0.1) is 0 Å². The van der Waals surface area contributed by atoms with Gasteiger partial charge in [-0.3, -0.25) is 4.79 Å². The maximum absolute atomic E-state index is 12.4. The zero-order valence-corrected chi connectivity index (χ0v) is 16.7. The van der Waals surface area contributed by atoms with E-state index in [0.717, 1.165) is 49.9 Å². The fraction of sp³-hybridized carbons (Fsp3) is 0.833. The van der Waals surface area contributed by atoms with Crippen LogP contribution in [0, 0.1) is 17.8 Å². The smallest absolute Gasteiger partial charge is 0.238 e. The van der Waals surface area contributed by atoms with E-state index in [1.807, 2.05) is 19.0 Å². The van der Waals surface area contributed by atoms with Crippen molar-refractivity contribution >= 4 is 28.5 Å². The van der Waals surface area contributed by atoms with Crippen molar-refractivity contribution in [1.29, 1.82) is 0 Å². The summed E-state index contributed by atoms with van der Waals surface area (Å²) in [6.07, 6.45) is 5.39. The fourth-order valence-electron chi connectivity index (χ4n) is 4.47. The first kappa shape index (κ1) is 18.0. The van der Waals surface area contributed by atoms with Gasteiger partial charge < -0.3 is 19.9 Å². The number of anilines is 2. The molecule has 2 heterocycles. The molecule has 0 spiro atoms. The standard InChI is InChI=1S/C18H29N5O2S/c1-22(2)17-20-18(26-21-17)23-9-12-7-14(15(25-3)8-13(12)10-23)19-16(24)11-5-4-6-11/h11-15H,4-10H2,1-3H3,(H,19,24)/t12-,13+,14-,15-/m0/s1. The van der Waals surface area contributed by atoms with Crippen LogP contribution in [0.5, 0.6) is 0 Å². The molecule has 4 atom stereocenters. The zero-order valence-electron chi connectivity index (χ0n) is 15.9. The molecular weight excluding hydrogens is 350 g/mol.